The molecular formula is C48H92O6. The SMILES string of the molecule is CCCCCCCCCCCCC(=O)OC[C@H](COC(=O)CCCCCCCCCCC(C)CC)OC(=O)CCCCCCCCCCCCC(C)CC. The quantitative estimate of drug-likeness (QED) is 0.0350. The summed E-state index contributed by atoms with van der Waals surface area (Å²) in [7, 11) is 0. The number of ether oxygens (including phenoxy) is 3. The Balaban J connectivity index is 4.34. The van der Waals surface area contributed by atoms with Crippen LogP contribution in [0.3, 0.4) is 0 Å². The molecule has 3 atom stereocenters. The van der Waals surface area contributed by atoms with Crippen LogP contribution in [0.5, 0.6) is 0 Å². The van der Waals surface area contributed by atoms with Gasteiger partial charge in [-0.15, -0.1) is 0 Å². The van der Waals surface area contributed by atoms with Crippen molar-refractivity contribution in [2.45, 2.75) is 265 Å². The molecule has 2 unspecified atom stereocenters. The van der Waals surface area contributed by atoms with Crippen LogP contribution in [0.1, 0.15) is 259 Å². The predicted molar refractivity (Wildman–Crippen MR) is 229 cm³/mol. The van der Waals surface area contributed by atoms with E-state index in [2.05, 4.69) is 34.6 Å². The minimum atomic E-state index is -0.761. The lowest BCUT2D eigenvalue weighted by atomic mass is 9.99. The maximum atomic E-state index is 12.7. The average Bonchev–Trinajstić information content (AvgIpc) is 3.17. The van der Waals surface area contributed by atoms with E-state index in [1.807, 2.05) is 0 Å². The average molecular weight is 765 g/mol. The summed E-state index contributed by atoms with van der Waals surface area (Å²) in [6, 6.07) is 0. The van der Waals surface area contributed by atoms with Gasteiger partial charge in [-0.3, -0.25) is 14.4 Å². The Hall–Kier alpha value is -1.59. The van der Waals surface area contributed by atoms with Crippen LogP contribution in [0.25, 0.3) is 0 Å². The van der Waals surface area contributed by atoms with Crippen LogP contribution in [0, 0.1) is 11.8 Å². The monoisotopic (exact) mass is 765 g/mol. The summed E-state index contributed by atoms with van der Waals surface area (Å²) in [5.74, 6) is 0.858. The van der Waals surface area contributed by atoms with Crippen molar-refractivity contribution in [3.63, 3.8) is 0 Å². The van der Waals surface area contributed by atoms with Gasteiger partial charge in [0, 0.05) is 19.3 Å². The summed E-state index contributed by atoms with van der Waals surface area (Å²) in [6.07, 6.45) is 39.3. The van der Waals surface area contributed by atoms with Crippen LogP contribution in [0.15, 0.2) is 0 Å². The topological polar surface area (TPSA) is 78.9 Å². The van der Waals surface area contributed by atoms with Gasteiger partial charge in [-0.1, -0.05) is 221 Å². The maximum absolute atomic E-state index is 12.7. The lowest BCUT2D eigenvalue weighted by Crippen LogP contribution is -2.30. The van der Waals surface area contributed by atoms with Gasteiger partial charge in [-0.05, 0) is 31.1 Å². The summed E-state index contributed by atoms with van der Waals surface area (Å²) in [5, 5.41) is 0. The summed E-state index contributed by atoms with van der Waals surface area (Å²) in [5.41, 5.74) is 0. The number of rotatable bonds is 42. The summed E-state index contributed by atoms with van der Waals surface area (Å²) < 4.78 is 16.7. The molecule has 0 spiro atoms. The first-order valence-electron chi connectivity index (χ1n) is 23.8. The standard InChI is InChI=1S/C48H92O6/c1-6-9-10-11-12-13-17-23-28-33-38-46(49)52-41-45(42-53-47(50)39-34-29-24-20-19-22-27-32-37-44(5)8-3)54-48(51)40-35-30-25-18-15-14-16-21-26-31-36-43(4)7-2/h43-45H,6-42H2,1-5H3/t43?,44?,45-/m1/s1. The fourth-order valence-electron chi connectivity index (χ4n) is 7.04. The molecular weight excluding hydrogens is 673 g/mol. The molecule has 0 aromatic carbocycles. The molecule has 0 bridgehead atoms. The highest BCUT2D eigenvalue weighted by Gasteiger charge is 2.19. The molecule has 0 amide bonds. The second-order valence-electron chi connectivity index (χ2n) is 16.9. The maximum Gasteiger partial charge on any atom is 0.306 e. The van der Waals surface area contributed by atoms with Gasteiger partial charge in [-0.25, -0.2) is 0 Å². The van der Waals surface area contributed by atoms with Crippen LogP contribution in [0.4, 0.5) is 0 Å². The van der Waals surface area contributed by atoms with Crippen LogP contribution in [-0.4, -0.2) is 37.2 Å². The molecule has 0 aliphatic heterocycles. The zero-order valence-electron chi connectivity index (χ0n) is 36.8. The van der Waals surface area contributed by atoms with Crippen LogP contribution < -0.4 is 0 Å². The minimum Gasteiger partial charge on any atom is -0.462 e. The molecule has 0 rings (SSSR count). The van der Waals surface area contributed by atoms with Crippen molar-refractivity contribution in [3.8, 4) is 0 Å². The molecule has 6 nitrogen and oxygen atoms in total. The van der Waals surface area contributed by atoms with Crippen molar-refractivity contribution in [1.82, 2.24) is 0 Å². The molecule has 6 heteroatoms. The minimum absolute atomic E-state index is 0.0649. The van der Waals surface area contributed by atoms with Gasteiger partial charge in [0.1, 0.15) is 13.2 Å². The molecule has 54 heavy (non-hydrogen) atoms. The first kappa shape index (κ1) is 52.4. The van der Waals surface area contributed by atoms with Crippen LogP contribution >= 0.6 is 0 Å². The molecule has 0 aliphatic rings. The van der Waals surface area contributed by atoms with E-state index in [0.29, 0.717) is 19.3 Å². The highest BCUT2D eigenvalue weighted by molar-refractivity contribution is 5.71. The zero-order valence-corrected chi connectivity index (χ0v) is 36.8. The van der Waals surface area contributed by atoms with Crippen molar-refractivity contribution in [2.75, 3.05) is 13.2 Å². The predicted octanol–water partition coefficient (Wildman–Crippen LogP) is 15.0. The van der Waals surface area contributed by atoms with Gasteiger partial charge in [0.05, 0.1) is 0 Å². The highest BCUT2D eigenvalue weighted by Crippen LogP contribution is 2.18. The van der Waals surface area contributed by atoms with Gasteiger partial charge in [0.25, 0.3) is 0 Å². The van der Waals surface area contributed by atoms with Gasteiger partial charge >= 0.3 is 17.9 Å². The molecule has 0 aliphatic carbocycles. The van der Waals surface area contributed by atoms with E-state index in [1.165, 1.54) is 148 Å². The normalized spacial score (nSPS) is 13.1. The Labute approximate surface area is 336 Å². The lowest BCUT2D eigenvalue weighted by Gasteiger charge is -2.18. The van der Waals surface area contributed by atoms with Crippen molar-refractivity contribution >= 4 is 17.9 Å². The Morgan fingerprint density at radius 1 is 0.370 bits per heavy atom. The van der Waals surface area contributed by atoms with E-state index in [4.69, 9.17) is 14.2 Å². The third-order valence-electron chi connectivity index (χ3n) is 11.4. The molecule has 0 radical (unpaired) electrons. The van der Waals surface area contributed by atoms with E-state index in [1.54, 1.807) is 0 Å². The number of carbonyl (C=O) groups excluding carboxylic acids is 3. The first-order valence-corrected chi connectivity index (χ1v) is 23.8. The molecule has 0 saturated carbocycles. The smallest absolute Gasteiger partial charge is 0.306 e. The molecule has 0 aromatic rings. The molecule has 320 valence electrons. The third kappa shape index (κ3) is 38.7. The van der Waals surface area contributed by atoms with E-state index >= 15 is 0 Å². The van der Waals surface area contributed by atoms with Crippen LogP contribution in [0.2, 0.25) is 0 Å². The number of hydrogen-bond acceptors (Lipinski definition) is 6. The summed E-state index contributed by atoms with van der Waals surface area (Å²) in [6.45, 7) is 11.4. The van der Waals surface area contributed by atoms with Crippen LogP contribution in [-0.2, 0) is 28.6 Å². The van der Waals surface area contributed by atoms with Crippen molar-refractivity contribution in [2.24, 2.45) is 11.8 Å². The van der Waals surface area contributed by atoms with E-state index < -0.39 is 6.10 Å². The fourth-order valence-corrected chi connectivity index (χ4v) is 7.04. The zero-order chi connectivity index (χ0) is 39.7. The summed E-state index contributed by atoms with van der Waals surface area (Å²) >= 11 is 0. The second kappa shape index (κ2) is 41.1. The third-order valence-corrected chi connectivity index (χ3v) is 11.4. The van der Waals surface area contributed by atoms with Crippen molar-refractivity contribution < 1.29 is 28.6 Å². The van der Waals surface area contributed by atoms with Gasteiger partial charge < -0.3 is 14.2 Å². The largest absolute Gasteiger partial charge is 0.462 e. The molecule has 0 fully saturated rings. The van der Waals surface area contributed by atoms with Crippen molar-refractivity contribution in [3.05, 3.63) is 0 Å². The Kier molecular flexibility index (Phi) is 39.8. The Morgan fingerprint density at radius 2 is 0.648 bits per heavy atom. The molecule has 0 saturated heterocycles. The second-order valence-corrected chi connectivity index (χ2v) is 16.9. The lowest BCUT2D eigenvalue weighted by molar-refractivity contribution is -0.167. The fraction of sp³-hybridized carbons (Fsp3) is 0.938. The highest BCUT2D eigenvalue weighted by atomic mass is 16.6. The van der Waals surface area contributed by atoms with Gasteiger partial charge in [-0.2, -0.15) is 0 Å². The van der Waals surface area contributed by atoms with E-state index in [9.17, 15) is 14.4 Å². The Morgan fingerprint density at radius 3 is 0.963 bits per heavy atom. The number of hydrogen-bond donors (Lipinski definition) is 0. The number of unbranched alkanes of at least 4 members (excludes halogenated alkanes) is 25. The van der Waals surface area contributed by atoms with E-state index in [-0.39, 0.29) is 31.1 Å². The van der Waals surface area contributed by atoms with Gasteiger partial charge in [0.2, 0.25) is 0 Å². The molecule has 0 aromatic heterocycles. The summed E-state index contributed by atoms with van der Waals surface area (Å²) in [4.78, 5) is 37.8. The van der Waals surface area contributed by atoms with E-state index in [0.717, 1.165) is 69.6 Å². The Bertz CT molecular complexity index is 828. The molecule has 0 N–H and O–H groups in total. The number of carbonyl (C=O) groups is 3. The molecule has 0 heterocycles. The van der Waals surface area contributed by atoms with Crippen molar-refractivity contribution in [1.29, 1.82) is 0 Å². The number of esters is 3. The van der Waals surface area contributed by atoms with Gasteiger partial charge in [0.15, 0.2) is 6.10 Å². The first-order chi connectivity index (χ1) is 26.3.